The van der Waals surface area contributed by atoms with E-state index in [9.17, 15) is 4.79 Å². The molecule has 5 rings (SSSR count). The molecule has 142 valence electrons. The Kier molecular flexibility index (Phi) is 4.36. The number of carbonyl (C=O) groups excluding carboxylic acids is 1. The van der Waals surface area contributed by atoms with Crippen LogP contribution in [0.5, 0.6) is 11.5 Å². The van der Waals surface area contributed by atoms with Gasteiger partial charge in [-0.05, 0) is 47.0 Å². The highest BCUT2D eigenvalue weighted by Gasteiger charge is 2.27. The number of hydrogen-bond donors (Lipinski definition) is 1. The zero-order valence-electron chi connectivity index (χ0n) is 14.9. The molecule has 0 spiro atoms. The first-order chi connectivity index (χ1) is 13.8. The van der Waals surface area contributed by atoms with E-state index in [2.05, 4.69) is 20.8 Å². The molecule has 2 aliphatic heterocycles. The van der Waals surface area contributed by atoms with E-state index in [4.69, 9.17) is 9.47 Å². The molecule has 28 heavy (non-hydrogen) atoms. The van der Waals surface area contributed by atoms with Crippen LogP contribution in [-0.2, 0) is 11.2 Å². The van der Waals surface area contributed by atoms with Gasteiger partial charge in [-0.15, -0.1) is 5.10 Å². The van der Waals surface area contributed by atoms with Crippen LogP contribution < -0.4 is 14.8 Å². The summed E-state index contributed by atoms with van der Waals surface area (Å²) in [5.41, 5.74) is 2.78. The number of tetrazole rings is 1. The fourth-order valence-electron chi connectivity index (χ4n) is 3.31. The van der Waals surface area contributed by atoms with Gasteiger partial charge in [0.05, 0.1) is 10.9 Å². The van der Waals surface area contributed by atoms with Crippen molar-refractivity contribution in [3.8, 4) is 17.2 Å². The van der Waals surface area contributed by atoms with Gasteiger partial charge in [-0.2, -0.15) is 4.68 Å². The lowest BCUT2D eigenvalue weighted by molar-refractivity contribution is -0.115. The van der Waals surface area contributed by atoms with Crippen molar-refractivity contribution in [2.24, 2.45) is 0 Å². The maximum Gasteiger partial charge on any atom is 0.237 e. The molecular weight excluding hydrogens is 378 g/mol. The molecule has 1 atom stereocenters. The van der Waals surface area contributed by atoms with Crippen LogP contribution in [0.3, 0.4) is 0 Å². The first kappa shape index (κ1) is 17.1. The zero-order valence-corrected chi connectivity index (χ0v) is 15.7. The molecule has 1 aromatic heterocycles. The van der Waals surface area contributed by atoms with Crippen LogP contribution >= 0.6 is 11.8 Å². The molecule has 8 nitrogen and oxygen atoms in total. The monoisotopic (exact) mass is 395 g/mol. The summed E-state index contributed by atoms with van der Waals surface area (Å²) in [5, 5.41) is 15.3. The lowest BCUT2D eigenvalue weighted by atomic mass is 10.1. The number of anilines is 1. The van der Waals surface area contributed by atoms with E-state index in [1.165, 1.54) is 11.8 Å². The summed E-state index contributed by atoms with van der Waals surface area (Å²) < 4.78 is 12.8. The van der Waals surface area contributed by atoms with E-state index < -0.39 is 0 Å². The van der Waals surface area contributed by atoms with Crippen LogP contribution in [0.2, 0.25) is 0 Å². The normalized spacial score (nSPS) is 18.1. The van der Waals surface area contributed by atoms with E-state index >= 15 is 0 Å². The van der Waals surface area contributed by atoms with Gasteiger partial charge >= 0.3 is 0 Å². The summed E-state index contributed by atoms with van der Waals surface area (Å²) in [6.45, 7) is 1.05. The number of fused-ring (bicyclic) bond motifs is 2. The van der Waals surface area contributed by atoms with Crippen molar-refractivity contribution in [3.63, 3.8) is 0 Å². The molecule has 1 unspecified atom stereocenters. The van der Waals surface area contributed by atoms with Gasteiger partial charge in [-0.25, -0.2) is 0 Å². The molecule has 2 aliphatic rings. The summed E-state index contributed by atoms with van der Waals surface area (Å²) in [6.07, 6.45) is 1.53. The zero-order chi connectivity index (χ0) is 18.9. The SMILES string of the molecule is O=C1Nc2ccccc2CCC1Sc1nnnn1-c1ccc2c(c1)OCCO2. The molecule has 0 bridgehead atoms. The second kappa shape index (κ2) is 7.16. The van der Waals surface area contributed by atoms with Crippen LogP contribution in [0.1, 0.15) is 12.0 Å². The van der Waals surface area contributed by atoms with Gasteiger partial charge in [-0.3, -0.25) is 4.79 Å². The Bertz CT molecular complexity index is 1040. The number of carbonyl (C=O) groups is 1. The standard InChI is InChI=1S/C19H17N5O3S/c25-18-17(8-5-12-3-1-2-4-14(12)20-18)28-19-21-22-23-24(19)13-6-7-15-16(11-13)27-10-9-26-15/h1-4,6-7,11,17H,5,8-10H2,(H,20,25). The van der Waals surface area contributed by atoms with E-state index in [-0.39, 0.29) is 11.2 Å². The van der Waals surface area contributed by atoms with Crippen molar-refractivity contribution in [1.82, 2.24) is 20.2 Å². The van der Waals surface area contributed by atoms with Crippen LogP contribution in [0.4, 0.5) is 5.69 Å². The highest BCUT2D eigenvalue weighted by atomic mass is 32.2. The van der Waals surface area contributed by atoms with E-state index in [1.54, 1.807) is 4.68 Å². The Balaban J connectivity index is 1.39. The van der Waals surface area contributed by atoms with Gasteiger partial charge in [-0.1, -0.05) is 30.0 Å². The molecule has 0 aliphatic carbocycles. The summed E-state index contributed by atoms with van der Waals surface area (Å²) >= 11 is 1.36. The van der Waals surface area contributed by atoms with Crippen molar-refractivity contribution in [2.75, 3.05) is 18.5 Å². The second-order valence-electron chi connectivity index (χ2n) is 6.49. The molecule has 3 heterocycles. The third-order valence-electron chi connectivity index (χ3n) is 4.70. The first-order valence-electron chi connectivity index (χ1n) is 9.02. The highest BCUT2D eigenvalue weighted by Crippen LogP contribution is 2.34. The number of nitrogens with one attached hydrogen (secondary N) is 1. The summed E-state index contributed by atoms with van der Waals surface area (Å²) in [7, 11) is 0. The Morgan fingerprint density at radius 3 is 2.89 bits per heavy atom. The minimum Gasteiger partial charge on any atom is -0.486 e. The summed E-state index contributed by atoms with van der Waals surface area (Å²) in [6, 6.07) is 13.4. The number of amides is 1. The third-order valence-corrected chi connectivity index (χ3v) is 5.90. The highest BCUT2D eigenvalue weighted by molar-refractivity contribution is 8.00. The minimum atomic E-state index is -0.283. The Morgan fingerprint density at radius 2 is 1.96 bits per heavy atom. The number of hydrogen-bond acceptors (Lipinski definition) is 7. The summed E-state index contributed by atoms with van der Waals surface area (Å²) in [5.74, 6) is 1.34. The van der Waals surface area contributed by atoms with Gasteiger partial charge in [0, 0.05) is 11.8 Å². The Labute approximate surface area is 165 Å². The quantitative estimate of drug-likeness (QED) is 0.728. The predicted molar refractivity (Wildman–Crippen MR) is 103 cm³/mol. The van der Waals surface area contributed by atoms with Crippen LogP contribution in [0, 0.1) is 0 Å². The lowest BCUT2D eigenvalue weighted by Gasteiger charge is -2.19. The minimum absolute atomic E-state index is 0.0355. The molecule has 9 heteroatoms. The molecule has 1 N–H and O–H groups in total. The van der Waals surface area contributed by atoms with Gasteiger partial charge in [0.15, 0.2) is 11.5 Å². The number of aryl methyl sites for hydroxylation is 1. The van der Waals surface area contributed by atoms with Gasteiger partial charge in [0.25, 0.3) is 0 Å². The van der Waals surface area contributed by atoms with Crippen LogP contribution in [-0.4, -0.2) is 44.6 Å². The molecule has 0 saturated carbocycles. The molecule has 0 radical (unpaired) electrons. The van der Waals surface area contributed by atoms with Gasteiger partial charge in [0.1, 0.15) is 13.2 Å². The number of benzene rings is 2. The molecule has 0 saturated heterocycles. The summed E-state index contributed by atoms with van der Waals surface area (Å²) in [4.78, 5) is 12.7. The topological polar surface area (TPSA) is 91.2 Å². The second-order valence-corrected chi connectivity index (χ2v) is 7.66. The van der Waals surface area contributed by atoms with Crippen molar-refractivity contribution < 1.29 is 14.3 Å². The number of para-hydroxylation sites is 1. The van der Waals surface area contributed by atoms with Gasteiger partial charge in [0.2, 0.25) is 11.1 Å². The Hall–Kier alpha value is -3.07. The van der Waals surface area contributed by atoms with Crippen molar-refractivity contribution in [1.29, 1.82) is 0 Å². The smallest absolute Gasteiger partial charge is 0.237 e. The number of nitrogens with zero attached hydrogens (tertiary/aromatic N) is 4. The largest absolute Gasteiger partial charge is 0.486 e. The molecule has 0 fully saturated rings. The average molecular weight is 395 g/mol. The average Bonchev–Trinajstić information content (AvgIpc) is 3.13. The number of aromatic nitrogens is 4. The van der Waals surface area contributed by atoms with Crippen LogP contribution in [0.15, 0.2) is 47.6 Å². The fraction of sp³-hybridized carbons (Fsp3) is 0.263. The lowest BCUT2D eigenvalue weighted by Crippen LogP contribution is -2.24. The van der Waals surface area contributed by atoms with Crippen molar-refractivity contribution in [3.05, 3.63) is 48.0 Å². The number of thioether (sulfide) groups is 1. The predicted octanol–water partition coefficient (Wildman–Crippen LogP) is 2.48. The number of ether oxygens (including phenoxy) is 2. The van der Waals surface area contributed by atoms with E-state index in [0.29, 0.717) is 36.3 Å². The maximum atomic E-state index is 12.7. The van der Waals surface area contributed by atoms with Gasteiger partial charge < -0.3 is 14.8 Å². The molecule has 3 aromatic rings. The van der Waals surface area contributed by atoms with Crippen molar-refractivity contribution in [2.45, 2.75) is 23.2 Å². The van der Waals surface area contributed by atoms with Crippen LogP contribution in [0.25, 0.3) is 5.69 Å². The van der Waals surface area contributed by atoms with E-state index in [0.717, 1.165) is 23.4 Å². The number of rotatable bonds is 3. The fourth-order valence-corrected chi connectivity index (χ4v) is 4.29. The first-order valence-corrected chi connectivity index (χ1v) is 9.90. The van der Waals surface area contributed by atoms with E-state index in [1.807, 2.05) is 42.5 Å². The van der Waals surface area contributed by atoms with Crippen molar-refractivity contribution >= 4 is 23.4 Å². The third kappa shape index (κ3) is 3.18. The molecular formula is C19H17N5O3S. The molecule has 1 amide bonds. The maximum absolute atomic E-state index is 12.7. The Morgan fingerprint density at radius 1 is 1.11 bits per heavy atom. The molecule has 2 aromatic carbocycles.